The lowest BCUT2D eigenvalue weighted by Gasteiger charge is -1.70. The molecule has 0 N–H and O–H groups in total. The number of hydrogen-bond acceptors (Lipinski definition) is 1. The highest BCUT2D eigenvalue weighted by atomic mass is 32.2. The van der Waals surface area contributed by atoms with Crippen molar-refractivity contribution in [2.24, 2.45) is 0 Å². The molecule has 0 aromatic heterocycles. The lowest BCUT2D eigenvalue weighted by molar-refractivity contribution is 0.691. The molecular weight excluding hydrogens is 96.1 g/mol. The van der Waals surface area contributed by atoms with Crippen LogP contribution in [-0.4, -0.2) is 10.5 Å². The summed E-state index contributed by atoms with van der Waals surface area (Å²) in [5, 5.41) is 1.64. The van der Waals surface area contributed by atoms with Crippen LogP contribution < -0.4 is 0 Å². The highest BCUT2D eigenvalue weighted by molar-refractivity contribution is 7.87. The third-order valence-corrected chi connectivity index (χ3v) is 0.983. The summed E-state index contributed by atoms with van der Waals surface area (Å²) in [7, 11) is -0.746. The largest absolute Gasteiger partial charge is 0.255 e. The van der Waals surface area contributed by atoms with Gasteiger partial charge in [0.15, 0.2) is 0 Å². The molecule has 0 aromatic carbocycles. The molecule has 0 aliphatic carbocycles. The Balaban J connectivity index is 3.30. The molecule has 0 radical (unpaired) electrons. The summed E-state index contributed by atoms with van der Waals surface area (Å²) >= 11 is 0. The molecular formula is C4H8OS. The third-order valence-electron chi connectivity index (χ3n) is 0.328. The van der Waals surface area contributed by atoms with Crippen molar-refractivity contribution in [3.05, 3.63) is 11.5 Å². The van der Waals surface area contributed by atoms with E-state index in [-0.39, 0.29) is 0 Å². The van der Waals surface area contributed by atoms with Gasteiger partial charge in [-0.15, -0.1) is 0 Å². The first-order chi connectivity index (χ1) is 2.77. The lowest BCUT2D eigenvalue weighted by atomic mass is 10.8. The van der Waals surface area contributed by atoms with Gasteiger partial charge < -0.3 is 0 Å². The average molecular weight is 104 g/mol. The van der Waals surface area contributed by atoms with Crippen molar-refractivity contribution >= 4 is 10.8 Å². The third kappa shape index (κ3) is 3.89. The van der Waals surface area contributed by atoms with E-state index in [1.807, 2.05) is 6.92 Å². The zero-order valence-corrected chi connectivity index (χ0v) is 4.79. The zero-order chi connectivity index (χ0) is 4.99. The number of hydrogen-bond donors (Lipinski definition) is 0. The predicted octanol–water partition coefficient (Wildman–Crippen LogP) is 0.899. The van der Waals surface area contributed by atoms with Gasteiger partial charge in [0.05, 0.1) is 0 Å². The molecule has 6 heavy (non-hydrogen) atoms. The molecule has 0 saturated carbocycles. The van der Waals surface area contributed by atoms with Crippen LogP contribution in [0, 0.1) is 0 Å². The normalized spacial score (nSPS) is 15.7. The van der Waals surface area contributed by atoms with Crippen molar-refractivity contribution in [3.63, 3.8) is 0 Å². The van der Waals surface area contributed by atoms with Gasteiger partial charge in [-0.25, -0.2) is 0 Å². The quantitative estimate of drug-likeness (QED) is 0.483. The van der Waals surface area contributed by atoms with Gasteiger partial charge in [-0.3, -0.25) is 4.21 Å². The van der Waals surface area contributed by atoms with Gasteiger partial charge >= 0.3 is 0 Å². The molecule has 36 valence electrons. The highest BCUT2D eigenvalue weighted by Crippen LogP contribution is 1.73. The van der Waals surface area contributed by atoms with Crippen LogP contribution in [0.15, 0.2) is 11.5 Å². The molecule has 0 saturated heterocycles. The van der Waals surface area contributed by atoms with E-state index in [2.05, 4.69) is 0 Å². The monoisotopic (exact) mass is 104 g/mol. The van der Waals surface area contributed by atoms with E-state index < -0.39 is 10.8 Å². The Bertz CT molecular complexity index is 75.6. The summed E-state index contributed by atoms with van der Waals surface area (Å²) in [6.07, 6.45) is 3.41. The molecule has 2 heteroatoms. The Labute approximate surface area is 40.5 Å². The molecule has 0 rings (SSSR count). The van der Waals surface area contributed by atoms with Crippen LogP contribution in [0.3, 0.4) is 0 Å². The van der Waals surface area contributed by atoms with E-state index in [4.69, 9.17) is 0 Å². The Hall–Kier alpha value is -0.110. The summed E-state index contributed by atoms with van der Waals surface area (Å²) in [5.74, 6) is 0. The summed E-state index contributed by atoms with van der Waals surface area (Å²) in [5.41, 5.74) is 0. The predicted molar refractivity (Wildman–Crippen MR) is 28.9 cm³/mol. The first-order valence-corrected chi connectivity index (χ1v) is 3.34. The first kappa shape index (κ1) is 5.89. The van der Waals surface area contributed by atoms with E-state index in [1.54, 1.807) is 17.7 Å². The minimum absolute atomic E-state index is 0.746. The summed E-state index contributed by atoms with van der Waals surface area (Å²) in [6.45, 7) is 1.85. The van der Waals surface area contributed by atoms with Crippen LogP contribution in [0.1, 0.15) is 6.92 Å². The van der Waals surface area contributed by atoms with E-state index >= 15 is 0 Å². The number of allylic oxidation sites excluding steroid dienone is 1. The lowest BCUT2D eigenvalue weighted by Crippen LogP contribution is -1.71. The maximum Gasteiger partial charge on any atom is 0.0421 e. The van der Waals surface area contributed by atoms with Crippen molar-refractivity contribution in [2.45, 2.75) is 6.92 Å². The molecule has 0 amide bonds. The molecule has 0 spiro atoms. The van der Waals surface area contributed by atoms with Crippen LogP contribution in [-0.2, 0) is 10.8 Å². The zero-order valence-electron chi connectivity index (χ0n) is 3.97. The van der Waals surface area contributed by atoms with Crippen molar-refractivity contribution in [1.29, 1.82) is 0 Å². The van der Waals surface area contributed by atoms with Crippen molar-refractivity contribution in [3.8, 4) is 0 Å². The molecule has 0 unspecified atom stereocenters. The van der Waals surface area contributed by atoms with E-state index in [1.165, 1.54) is 0 Å². The fourth-order valence-electron chi connectivity index (χ4n) is 0.192. The van der Waals surface area contributed by atoms with E-state index in [0.29, 0.717) is 0 Å². The van der Waals surface area contributed by atoms with Crippen molar-refractivity contribution in [2.75, 3.05) is 6.26 Å². The average Bonchev–Trinajstić information content (AvgIpc) is 1.35. The van der Waals surface area contributed by atoms with Gasteiger partial charge in [0.1, 0.15) is 0 Å². The standard InChI is InChI=1S/C4H8OS/c1-3-4-6(2)5/h3-4H,1-2H3/b4-3+/t6-/m1/s1. The Morgan fingerprint density at radius 3 is 2.17 bits per heavy atom. The van der Waals surface area contributed by atoms with E-state index in [9.17, 15) is 4.21 Å². The molecule has 1 nitrogen and oxygen atoms in total. The van der Waals surface area contributed by atoms with Gasteiger partial charge in [0.2, 0.25) is 0 Å². The summed E-state index contributed by atoms with van der Waals surface area (Å²) < 4.78 is 10.1. The fraction of sp³-hybridized carbons (Fsp3) is 0.500. The van der Waals surface area contributed by atoms with Gasteiger partial charge in [-0.05, 0) is 12.3 Å². The fourth-order valence-corrected chi connectivity index (χ4v) is 0.575. The van der Waals surface area contributed by atoms with E-state index in [0.717, 1.165) is 0 Å². The van der Waals surface area contributed by atoms with Gasteiger partial charge in [0, 0.05) is 17.1 Å². The summed E-state index contributed by atoms with van der Waals surface area (Å²) in [4.78, 5) is 0. The maximum atomic E-state index is 10.1. The topological polar surface area (TPSA) is 17.1 Å². The van der Waals surface area contributed by atoms with Gasteiger partial charge in [-0.2, -0.15) is 0 Å². The Morgan fingerprint density at radius 2 is 2.17 bits per heavy atom. The molecule has 1 atom stereocenters. The molecule has 0 aliphatic heterocycles. The Morgan fingerprint density at radius 1 is 1.67 bits per heavy atom. The van der Waals surface area contributed by atoms with Gasteiger partial charge in [-0.1, -0.05) is 6.08 Å². The minimum atomic E-state index is -0.746. The van der Waals surface area contributed by atoms with Crippen LogP contribution in [0.2, 0.25) is 0 Å². The van der Waals surface area contributed by atoms with Crippen LogP contribution in [0.5, 0.6) is 0 Å². The van der Waals surface area contributed by atoms with Gasteiger partial charge in [0.25, 0.3) is 0 Å². The second-order valence-corrected chi connectivity index (χ2v) is 2.24. The second kappa shape index (κ2) is 3.09. The van der Waals surface area contributed by atoms with Crippen molar-refractivity contribution in [1.82, 2.24) is 0 Å². The molecule has 0 fully saturated rings. The Kier molecular flexibility index (Phi) is 3.04. The molecule has 0 bridgehead atoms. The number of rotatable bonds is 1. The second-order valence-electron chi connectivity index (χ2n) is 0.968. The molecule has 0 aromatic rings. The molecule has 0 aliphatic rings. The SMILES string of the molecule is C/C=C/[S@@](C)=O. The smallest absolute Gasteiger partial charge is 0.0421 e. The van der Waals surface area contributed by atoms with Crippen LogP contribution in [0.4, 0.5) is 0 Å². The maximum absolute atomic E-state index is 10.1. The van der Waals surface area contributed by atoms with Crippen molar-refractivity contribution < 1.29 is 4.21 Å². The van der Waals surface area contributed by atoms with Crippen LogP contribution >= 0.6 is 0 Å². The first-order valence-electron chi connectivity index (χ1n) is 1.72. The highest BCUT2D eigenvalue weighted by Gasteiger charge is 1.69. The minimum Gasteiger partial charge on any atom is -0.255 e. The summed E-state index contributed by atoms with van der Waals surface area (Å²) in [6, 6.07) is 0. The molecule has 0 heterocycles. The van der Waals surface area contributed by atoms with Crippen LogP contribution in [0.25, 0.3) is 0 Å².